The average Bonchev–Trinajstić information content (AvgIpc) is 2.55. The van der Waals surface area contributed by atoms with Gasteiger partial charge in [-0.05, 0) is 25.8 Å². The first kappa shape index (κ1) is 12.1. The van der Waals surface area contributed by atoms with E-state index in [4.69, 9.17) is 5.11 Å². The summed E-state index contributed by atoms with van der Waals surface area (Å²) in [5, 5.41) is 13.1. The Morgan fingerprint density at radius 3 is 2.88 bits per heavy atom. The fourth-order valence-electron chi connectivity index (χ4n) is 2.41. The molecule has 1 aromatic heterocycles. The third-order valence-electron chi connectivity index (χ3n) is 3.17. The first-order chi connectivity index (χ1) is 8.08. The Hall–Kier alpha value is -1.36. The van der Waals surface area contributed by atoms with Crippen LogP contribution in [0.15, 0.2) is 6.07 Å². The second-order valence-electron chi connectivity index (χ2n) is 4.75. The monoisotopic (exact) mass is 237 g/mol. The van der Waals surface area contributed by atoms with Crippen molar-refractivity contribution in [3.63, 3.8) is 0 Å². The average molecular weight is 237 g/mol. The molecule has 94 valence electrons. The first-order valence-corrected chi connectivity index (χ1v) is 6.06. The number of carboxylic acids is 1. The number of aliphatic carboxylic acids is 1. The predicted octanol–water partition coefficient (Wildman–Crippen LogP) is 1.12. The van der Waals surface area contributed by atoms with E-state index in [9.17, 15) is 4.79 Å². The van der Waals surface area contributed by atoms with E-state index in [1.807, 2.05) is 11.6 Å². The minimum absolute atomic E-state index is 0.294. The molecule has 1 fully saturated rings. The summed E-state index contributed by atoms with van der Waals surface area (Å²) < 4.78 is 2.01. The summed E-state index contributed by atoms with van der Waals surface area (Å²) in [6.45, 7) is 7.62. The summed E-state index contributed by atoms with van der Waals surface area (Å²) in [5.74, 6) is -0.365. The minimum atomic E-state index is -0.691. The lowest BCUT2D eigenvalue weighted by molar-refractivity contribution is -0.139. The van der Waals surface area contributed by atoms with E-state index in [1.165, 1.54) is 5.69 Å². The van der Waals surface area contributed by atoms with Gasteiger partial charge in [0.2, 0.25) is 0 Å². The lowest BCUT2D eigenvalue weighted by Gasteiger charge is -2.38. The van der Waals surface area contributed by atoms with Crippen LogP contribution in [0.4, 0.5) is 0 Å². The Labute approximate surface area is 101 Å². The van der Waals surface area contributed by atoms with Crippen molar-refractivity contribution in [3.05, 3.63) is 17.5 Å². The van der Waals surface area contributed by atoms with Gasteiger partial charge in [-0.25, -0.2) is 0 Å². The molecule has 0 saturated carbocycles. The highest BCUT2D eigenvalue weighted by Gasteiger charge is 2.28. The Morgan fingerprint density at radius 1 is 1.59 bits per heavy atom. The number of aromatic nitrogens is 2. The highest BCUT2D eigenvalue weighted by molar-refractivity contribution is 5.67. The molecule has 5 nitrogen and oxygen atoms in total. The molecule has 1 aliphatic heterocycles. The van der Waals surface area contributed by atoms with E-state index in [1.54, 1.807) is 0 Å². The van der Waals surface area contributed by atoms with Crippen LogP contribution in [0.2, 0.25) is 0 Å². The summed E-state index contributed by atoms with van der Waals surface area (Å²) in [6, 6.07) is 2.11. The van der Waals surface area contributed by atoms with Crippen LogP contribution < -0.4 is 0 Å². The zero-order valence-corrected chi connectivity index (χ0v) is 10.4. The molecule has 2 heterocycles. The van der Waals surface area contributed by atoms with Crippen molar-refractivity contribution < 1.29 is 9.90 Å². The molecule has 5 heteroatoms. The van der Waals surface area contributed by atoms with Gasteiger partial charge in [-0.1, -0.05) is 0 Å². The maximum atomic E-state index is 10.5. The summed E-state index contributed by atoms with van der Waals surface area (Å²) in [5.41, 5.74) is 2.27. The maximum absolute atomic E-state index is 10.5. The van der Waals surface area contributed by atoms with Crippen molar-refractivity contribution in [2.45, 2.75) is 33.4 Å². The number of carbonyl (C=O) groups is 1. The van der Waals surface area contributed by atoms with Gasteiger partial charge in [0.1, 0.15) is 0 Å². The van der Waals surface area contributed by atoms with Gasteiger partial charge < -0.3 is 5.11 Å². The number of rotatable bonds is 5. The van der Waals surface area contributed by atoms with Crippen LogP contribution in [0, 0.1) is 12.8 Å². The fourth-order valence-corrected chi connectivity index (χ4v) is 2.41. The largest absolute Gasteiger partial charge is 0.481 e. The van der Waals surface area contributed by atoms with Gasteiger partial charge in [-0.15, -0.1) is 0 Å². The molecule has 0 aromatic carbocycles. The van der Waals surface area contributed by atoms with Gasteiger partial charge in [-0.3, -0.25) is 14.4 Å². The molecule has 0 unspecified atom stereocenters. The van der Waals surface area contributed by atoms with Gasteiger partial charge >= 0.3 is 5.97 Å². The number of hydrogen-bond acceptors (Lipinski definition) is 3. The van der Waals surface area contributed by atoms with Crippen molar-refractivity contribution in [1.29, 1.82) is 0 Å². The Balaban J connectivity index is 1.85. The minimum Gasteiger partial charge on any atom is -0.481 e. The standard InChI is InChI=1S/C12H19N3O2/c1-3-15-11(4-9(2)13-15)8-14-6-10(7-14)5-12(16)17/h4,10H,3,5-8H2,1-2H3,(H,16,17). The van der Waals surface area contributed by atoms with Gasteiger partial charge in [0.15, 0.2) is 0 Å². The SMILES string of the molecule is CCn1nc(C)cc1CN1CC(CC(=O)O)C1. The van der Waals surface area contributed by atoms with Crippen LogP contribution in [-0.4, -0.2) is 38.8 Å². The number of hydrogen-bond donors (Lipinski definition) is 1. The second kappa shape index (κ2) is 4.87. The Morgan fingerprint density at radius 2 is 2.29 bits per heavy atom. The third-order valence-corrected chi connectivity index (χ3v) is 3.17. The molecule has 1 N–H and O–H groups in total. The van der Waals surface area contributed by atoms with E-state index >= 15 is 0 Å². The van der Waals surface area contributed by atoms with E-state index in [2.05, 4.69) is 23.0 Å². The van der Waals surface area contributed by atoms with Crippen LogP contribution in [0.25, 0.3) is 0 Å². The fraction of sp³-hybridized carbons (Fsp3) is 0.667. The first-order valence-electron chi connectivity index (χ1n) is 6.06. The van der Waals surface area contributed by atoms with E-state index in [-0.39, 0.29) is 0 Å². The number of likely N-dealkylation sites (tertiary alicyclic amines) is 1. The molecule has 0 bridgehead atoms. The molecule has 1 aromatic rings. The molecule has 0 radical (unpaired) electrons. The molecule has 0 spiro atoms. The molecule has 17 heavy (non-hydrogen) atoms. The van der Waals surface area contributed by atoms with Gasteiger partial charge in [0.05, 0.1) is 17.8 Å². The molecular weight excluding hydrogens is 218 g/mol. The molecule has 0 amide bonds. The summed E-state index contributed by atoms with van der Waals surface area (Å²) in [6.07, 6.45) is 0.294. The normalized spacial score (nSPS) is 17.1. The van der Waals surface area contributed by atoms with Crippen LogP contribution >= 0.6 is 0 Å². The molecule has 1 saturated heterocycles. The van der Waals surface area contributed by atoms with E-state index < -0.39 is 5.97 Å². The van der Waals surface area contributed by atoms with Crippen LogP contribution in [0.1, 0.15) is 24.7 Å². The van der Waals surface area contributed by atoms with Crippen LogP contribution in [-0.2, 0) is 17.9 Å². The summed E-state index contributed by atoms with van der Waals surface area (Å²) in [7, 11) is 0. The lowest BCUT2D eigenvalue weighted by Crippen LogP contribution is -2.47. The number of carboxylic acid groups (broad SMARTS) is 1. The maximum Gasteiger partial charge on any atom is 0.303 e. The molecular formula is C12H19N3O2. The van der Waals surface area contributed by atoms with Gasteiger partial charge in [0, 0.05) is 26.2 Å². The molecule has 0 aliphatic carbocycles. The summed E-state index contributed by atoms with van der Waals surface area (Å²) in [4.78, 5) is 12.8. The smallest absolute Gasteiger partial charge is 0.303 e. The highest BCUT2D eigenvalue weighted by atomic mass is 16.4. The quantitative estimate of drug-likeness (QED) is 0.833. The van der Waals surface area contributed by atoms with Crippen molar-refractivity contribution in [3.8, 4) is 0 Å². The third kappa shape index (κ3) is 2.85. The molecule has 2 rings (SSSR count). The molecule has 1 aliphatic rings. The summed E-state index contributed by atoms with van der Waals surface area (Å²) >= 11 is 0. The lowest BCUT2D eigenvalue weighted by atomic mass is 9.96. The zero-order valence-electron chi connectivity index (χ0n) is 10.4. The predicted molar refractivity (Wildman–Crippen MR) is 63.7 cm³/mol. The highest BCUT2D eigenvalue weighted by Crippen LogP contribution is 2.21. The van der Waals surface area contributed by atoms with Crippen LogP contribution in [0.3, 0.4) is 0 Å². The van der Waals surface area contributed by atoms with Gasteiger partial charge in [-0.2, -0.15) is 5.10 Å². The van der Waals surface area contributed by atoms with Crippen molar-refractivity contribution in [1.82, 2.24) is 14.7 Å². The second-order valence-corrected chi connectivity index (χ2v) is 4.75. The van der Waals surface area contributed by atoms with Crippen molar-refractivity contribution >= 4 is 5.97 Å². The van der Waals surface area contributed by atoms with Gasteiger partial charge in [0.25, 0.3) is 0 Å². The van der Waals surface area contributed by atoms with Crippen molar-refractivity contribution in [2.24, 2.45) is 5.92 Å². The van der Waals surface area contributed by atoms with E-state index in [0.29, 0.717) is 12.3 Å². The van der Waals surface area contributed by atoms with Crippen LogP contribution in [0.5, 0.6) is 0 Å². The van der Waals surface area contributed by atoms with E-state index in [0.717, 1.165) is 31.9 Å². The zero-order chi connectivity index (χ0) is 12.4. The number of nitrogens with zero attached hydrogens (tertiary/aromatic N) is 3. The molecule has 0 atom stereocenters. The Kier molecular flexibility index (Phi) is 3.47. The topological polar surface area (TPSA) is 58.4 Å². The Bertz CT molecular complexity index is 408. The number of aryl methyl sites for hydroxylation is 2. The van der Waals surface area contributed by atoms with Crippen molar-refractivity contribution in [2.75, 3.05) is 13.1 Å².